The van der Waals surface area contributed by atoms with Gasteiger partial charge >= 0.3 is 6.18 Å². The number of likely N-dealkylation sites (tertiary alicyclic amines) is 1. The first-order valence-corrected chi connectivity index (χ1v) is 7.50. The van der Waals surface area contributed by atoms with E-state index in [4.69, 9.17) is 0 Å². The number of carbonyl (C=O) groups excluding carboxylic acids is 1. The fourth-order valence-corrected chi connectivity index (χ4v) is 2.81. The number of hydrogen-bond acceptors (Lipinski definition) is 2. The third-order valence-electron chi connectivity index (χ3n) is 3.46. The van der Waals surface area contributed by atoms with Gasteiger partial charge < -0.3 is 10.2 Å². The number of nitrogens with one attached hydrogen (secondary N) is 1. The third-order valence-corrected chi connectivity index (χ3v) is 4.11. The molecule has 1 amide bonds. The molecule has 1 heterocycles. The molecule has 21 heavy (non-hydrogen) atoms. The molecule has 0 aliphatic carbocycles. The van der Waals surface area contributed by atoms with Crippen LogP contribution < -0.4 is 5.32 Å². The van der Waals surface area contributed by atoms with Crippen molar-refractivity contribution in [2.45, 2.75) is 32.0 Å². The molecule has 0 bridgehead atoms. The molecule has 1 aliphatic heterocycles. The SMILES string of the molecule is CC(Nc1ccc(C(F)(F)F)cc1Br)C(=O)N1CCCC1. The van der Waals surface area contributed by atoms with Crippen molar-refractivity contribution in [1.82, 2.24) is 4.90 Å². The number of carbonyl (C=O) groups is 1. The van der Waals surface area contributed by atoms with Crippen LogP contribution in [-0.4, -0.2) is 29.9 Å². The summed E-state index contributed by atoms with van der Waals surface area (Å²) in [5.41, 5.74) is -0.249. The molecule has 2 rings (SSSR count). The lowest BCUT2D eigenvalue weighted by Crippen LogP contribution is -2.39. The van der Waals surface area contributed by atoms with Gasteiger partial charge in [0.15, 0.2) is 0 Å². The van der Waals surface area contributed by atoms with E-state index in [0.29, 0.717) is 10.2 Å². The number of rotatable bonds is 3. The summed E-state index contributed by atoms with van der Waals surface area (Å²) in [7, 11) is 0. The van der Waals surface area contributed by atoms with Crippen molar-refractivity contribution in [3.8, 4) is 0 Å². The molecule has 0 radical (unpaired) electrons. The van der Waals surface area contributed by atoms with Crippen molar-refractivity contribution >= 4 is 27.5 Å². The molecule has 1 N–H and O–H groups in total. The van der Waals surface area contributed by atoms with E-state index in [1.165, 1.54) is 6.07 Å². The molecule has 3 nitrogen and oxygen atoms in total. The van der Waals surface area contributed by atoms with Gasteiger partial charge in [0.2, 0.25) is 5.91 Å². The number of amides is 1. The fraction of sp³-hybridized carbons (Fsp3) is 0.500. The van der Waals surface area contributed by atoms with Crippen molar-refractivity contribution in [2.24, 2.45) is 0 Å². The molecule has 1 aromatic rings. The lowest BCUT2D eigenvalue weighted by Gasteiger charge is -2.22. The van der Waals surface area contributed by atoms with Crippen molar-refractivity contribution in [1.29, 1.82) is 0 Å². The first-order valence-electron chi connectivity index (χ1n) is 6.71. The Morgan fingerprint density at radius 1 is 1.33 bits per heavy atom. The first-order chi connectivity index (χ1) is 9.79. The Labute approximate surface area is 129 Å². The number of halogens is 4. The van der Waals surface area contributed by atoms with E-state index in [1.54, 1.807) is 11.8 Å². The van der Waals surface area contributed by atoms with E-state index in [9.17, 15) is 18.0 Å². The summed E-state index contributed by atoms with van der Waals surface area (Å²) >= 11 is 3.11. The van der Waals surface area contributed by atoms with Gasteiger partial charge in [-0.25, -0.2) is 0 Å². The minimum atomic E-state index is -4.38. The van der Waals surface area contributed by atoms with Crippen molar-refractivity contribution in [3.05, 3.63) is 28.2 Å². The molecule has 1 unspecified atom stereocenters. The van der Waals surface area contributed by atoms with Crippen molar-refractivity contribution in [3.63, 3.8) is 0 Å². The Balaban J connectivity index is 2.07. The number of anilines is 1. The second-order valence-corrected chi connectivity index (χ2v) is 5.95. The van der Waals surface area contributed by atoms with Crippen LogP contribution in [0.1, 0.15) is 25.3 Å². The zero-order valence-corrected chi connectivity index (χ0v) is 13.1. The van der Waals surface area contributed by atoms with Gasteiger partial charge in [-0.3, -0.25) is 4.79 Å². The molecular formula is C14H16BrF3N2O. The Hall–Kier alpha value is -1.24. The minimum Gasteiger partial charge on any atom is -0.373 e. The van der Waals surface area contributed by atoms with E-state index < -0.39 is 17.8 Å². The van der Waals surface area contributed by atoms with Crippen LogP contribution in [0, 0.1) is 0 Å². The number of alkyl halides is 3. The van der Waals surface area contributed by atoms with Crippen LogP contribution in [0.2, 0.25) is 0 Å². The maximum absolute atomic E-state index is 12.6. The van der Waals surface area contributed by atoms with Gasteiger partial charge in [0.1, 0.15) is 6.04 Å². The smallest absolute Gasteiger partial charge is 0.373 e. The zero-order valence-electron chi connectivity index (χ0n) is 11.5. The van der Waals surface area contributed by atoms with Gasteiger partial charge in [-0.15, -0.1) is 0 Å². The van der Waals surface area contributed by atoms with E-state index in [2.05, 4.69) is 21.2 Å². The molecule has 0 spiro atoms. The minimum absolute atomic E-state index is 0.0284. The summed E-state index contributed by atoms with van der Waals surface area (Å²) in [5.74, 6) is -0.0284. The first kappa shape index (κ1) is 16.1. The van der Waals surface area contributed by atoms with Gasteiger partial charge in [-0.1, -0.05) is 0 Å². The Kier molecular flexibility index (Phi) is 4.81. The average Bonchev–Trinajstić information content (AvgIpc) is 2.92. The molecule has 1 aromatic carbocycles. The highest BCUT2D eigenvalue weighted by Gasteiger charge is 2.31. The summed E-state index contributed by atoms with van der Waals surface area (Å²) in [6.07, 6.45) is -2.37. The molecule has 1 fully saturated rings. The number of benzene rings is 1. The van der Waals surface area contributed by atoms with E-state index in [0.717, 1.165) is 38.1 Å². The van der Waals surface area contributed by atoms with Gasteiger partial charge in [-0.05, 0) is 53.9 Å². The summed E-state index contributed by atoms with van der Waals surface area (Å²) in [5, 5.41) is 2.96. The molecule has 0 aromatic heterocycles. The Morgan fingerprint density at radius 2 is 1.95 bits per heavy atom. The summed E-state index contributed by atoms with van der Waals surface area (Å²) in [6.45, 7) is 3.21. The van der Waals surface area contributed by atoms with E-state index >= 15 is 0 Å². The van der Waals surface area contributed by atoms with Crippen LogP contribution in [-0.2, 0) is 11.0 Å². The van der Waals surface area contributed by atoms with Crippen LogP contribution >= 0.6 is 15.9 Å². The number of nitrogens with zero attached hydrogens (tertiary/aromatic N) is 1. The highest BCUT2D eigenvalue weighted by atomic mass is 79.9. The van der Waals surface area contributed by atoms with Gasteiger partial charge in [-0.2, -0.15) is 13.2 Å². The predicted molar refractivity (Wildman–Crippen MR) is 78.0 cm³/mol. The van der Waals surface area contributed by atoms with Crippen molar-refractivity contribution in [2.75, 3.05) is 18.4 Å². The Bertz CT molecular complexity index is 527. The molecule has 1 saturated heterocycles. The second kappa shape index (κ2) is 6.25. The average molecular weight is 365 g/mol. The zero-order chi connectivity index (χ0) is 15.6. The van der Waals surface area contributed by atoms with Crippen LogP contribution in [0.5, 0.6) is 0 Å². The quantitative estimate of drug-likeness (QED) is 0.882. The standard InChI is InChI=1S/C14H16BrF3N2O/c1-9(13(21)20-6-2-3-7-20)19-12-5-4-10(8-11(12)15)14(16,17)18/h4-5,8-9,19H,2-3,6-7H2,1H3. The van der Waals surface area contributed by atoms with Gasteiger partial charge in [0, 0.05) is 23.2 Å². The lowest BCUT2D eigenvalue weighted by atomic mass is 10.2. The maximum Gasteiger partial charge on any atom is 0.416 e. The molecule has 1 aliphatic rings. The van der Waals surface area contributed by atoms with Crippen LogP contribution in [0.15, 0.2) is 22.7 Å². The molecule has 116 valence electrons. The van der Waals surface area contributed by atoms with Crippen molar-refractivity contribution < 1.29 is 18.0 Å². The van der Waals surface area contributed by atoms with E-state index in [1.807, 2.05) is 0 Å². The molecule has 7 heteroatoms. The second-order valence-electron chi connectivity index (χ2n) is 5.09. The highest BCUT2D eigenvalue weighted by Crippen LogP contribution is 2.34. The van der Waals surface area contributed by atoms with Crippen LogP contribution in [0.4, 0.5) is 18.9 Å². The highest BCUT2D eigenvalue weighted by molar-refractivity contribution is 9.10. The fourth-order valence-electron chi connectivity index (χ4n) is 2.31. The van der Waals surface area contributed by atoms with Crippen LogP contribution in [0.25, 0.3) is 0 Å². The molecular weight excluding hydrogens is 349 g/mol. The summed E-state index contributed by atoms with van der Waals surface area (Å²) < 4.78 is 38.1. The third kappa shape index (κ3) is 3.90. The largest absolute Gasteiger partial charge is 0.416 e. The summed E-state index contributed by atoms with van der Waals surface area (Å²) in [6, 6.07) is 2.87. The van der Waals surface area contributed by atoms with Gasteiger partial charge in [0.25, 0.3) is 0 Å². The molecule has 0 saturated carbocycles. The Morgan fingerprint density at radius 3 is 2.48 bits per heavy atom. The molecule has 1 atom stereocenters. The predicted octanol–water partition coefficient (Wildman–Crippen LogP) is 3.89. The maximum atomic E-state index is 12.6. The van der Waals surface area contributed by atoms with Gasteiger partial charge in [0.05, 0.1) is 5.56 Å². The normalized spacial score (nSPS) is 16.9. The monoisotopic (exact) mass is 364 g/mol. The van der Waals surface area contributed by atoms with E-state index in [-0.39, 0.29) is 5.91 Å². The number of hydrogen-bond donors (Lipinski definition) is 1. The topological polar surface area (TPSA) is 32.3 Å². The summed E-state index contributed by atoms with van der Waals surface area (Å²) in [4.78, 5) is 13.9. The lowest BCUT2D eigenvalue weighted by molar-refractivity contribution is -0.137. The van der Waals surface area contributed by atoms with Crippen LogP contribution in [0.3, 0.4) is 0 Å².